The summed E-state index contributed by atoms with van der Waals surface area (Å²) in [6, 6.07) is 12.9. The Bertz CT molecular complexity index is 2090. The highest BCUT2D eigenvalue weighted by Gasteiger charge is 2.31. The minimum absolute atomic E-state index is 0.00435. The standard InChI is InChI=1S/C44H65N13O8/c1-3-4-16-34(53-29(2)58)41(63)52-26-40(62)56(20-11-10-18-45)27-38(60)55-36(22-30-13-6-5-7-14-30)43(65)57(21-12-19-49-44(47)48)28-39(61)54-35(42(64)51-25-37(46)59)23-31-24-50-33-17-9-8-15-32(31)33/h5-9,13-15,17,24,34-36,50H,3-4,10-12,16,18-23,25-28,45H2,1-2H3,(H2,46,59)(H,51,64)(H,52,63)(H,53,58)(H,54,61)(H,55,60)(H4,47,48,49)/t34-,35-,36+/m0/s1. The predicted octanol–water partition coefficient (Wildman–Crippen LogP) is -1.61. The van der Waals surface area contributed by atoms with E-state index in [1.807, 2.05) is 31.2 Å². The minimum atomic E-state index is -1.25. The van der Waals surface area contributed by atoms with Crippen molar-refractivity contribution in [2.45, 2.75) is 83.3 Å². The van der Waals surface area contributed by atoms with Gasteiger partial charge in [-0.15, -0.1) is 0 Å². The number of nitrogens with one attached hydrogen (secondary N) is 6. The van der Waals surface area contributed by atoms with Gasteiger partial charge in [0.05, 0.1) is 26.2 Å². The molecule has 0 saturated carbocycles. The Morgan fingerprint density at radius 3 is 2.00 bits per heavy atom. The number of aromatic amines is 1. The normalized spacial score (nSPS) is 12.2. The maximum atomic E-state index is 14.6. The lowest BCUT2D eigenvalue weighted by atomic mass is 10.0. The van der Waals surface area contributed by atoms with Crippen LogP contribution in [0.4, 0.5) is 0 Å². The van der Waals surface area contributed by atoms with Gasteiger partial charge in [-0.3, -0.25) is 43.3 Å². The quantitative estimate of drug-likeness (QED) is 0.0215. The lowest BCUT2D eigenvalue weighted by molar-refractivity contribution is -0.141. The number of hydrogen-bond donors (Lipinski definition) is 10. The van der Waals surface area contributed by atoms with Crippen LogP contribution in [0.3, 0.4) is 0 Å². The number of benzene rings is 2. The molecule has 0 unspecified atom stereocenters. The molecular formula is C44H65N13O8. The van der Waals surface area contributed by atoms with Crippen molar-refractivity contribution in [2.75, 3.05) is 52.4 Å². The van der Waals surface area contributed by atoms with E-state index >= 15 is 0 Å². The number of fused-ring (bicyclic) bond motifs is 1. The molecular weight excluding hydrogens is 839 g/mol. The third kappa shape index (κ3) is 19.1. The summed E-state index contributed by atoms with van der Waals surface area (Å²) >= 11 is 0. The third-order valence-electron chi connectivity index (χ3n) is 10.2. The zero-order valence-electron chi connectivity index (χ0n) is 37.2. The van der Waals surface area contributed by atoms with E-state index < -0.39 is 91.6 Å². The molecule has 354 valence electrons. The summed E-state index contributed by atoms with van der Waals surface area (Å²) in [5, 5.41) is 13.9. The molecule has 0 bridgehead atoms. The Hall–Kier alpha value is -7.03. The van der Waals surface area contributed by atoms with E-state index in [9.17, 15) is 38.4 Å². The molecule has 0 aliphatic rings. The van der Waals surface area contributed by atoms with E-state index in [4.69, 9.17) is 22.9 Å². The molecule has 0 aliphatic carbocycles. The van der Waals surface area contributed by atoms with Crippen molar-refractivity contribution in [3.05, 3.63) is 71.9 Å². The van der Waals surface area contributed by atoms with Crippen molar-refractivity contribution in [3.8, 4) is 0 Å². The van der Waals surface area contributed by atoms with Crippen molar-refractivity contribution >= 4 is 64.1 Å². The SMILES string of the molecule is CCCC[C@H](NC(C)=O)C(=O)NCC(=O)N(CCCCN)CC(=O)N[C@H](Cc1ccccc1)C(=O)N(CCCN=C(N)N)CC(=O)N[C@@H](Cc1c[nH]c2ccccc12)C(=O)NCC(N)=O. The second-order valence-corrected chi connectivity index (χ2v) is 15.5. The summed E-state index contributed by atoms with van der Waals surface area (Å²) < 4.78 is 0. The number of aliphatic imine (C=N–C) groups is 1. The summed E-state index contributed by atoms with van der Waals surface area (Å²) in [6.45, 7) is 1.78. The van der Waals surface area contributed by atoms with Crippen molar-refractivity contribution in [3.63, 3.8) is 0 Å². The molecule has 0 radical (unpaired) electrons. The van der Waals surface area contributed by atoms with Gasteiger partial charge in [-0.1, -0.05) is 68.3 Å². The fourth-order valence-corrected chi connectivity index (χ4v) is 6.92. The number of nitrogens with two attached hydrogens (primary N) is 4. The monoisotopic (exact) mass is 904 g/mol. The van der Waals surface area contributed by atoms with E-state index in [-0.39, 0.29) is 44.9 Å². The highest BCUT2D eigenvalue weighted by molar-refractivity contribution is 5.95. The topological polar surface area (TPSA) is 335 Å². The highest BCUT2D eigenvalue weighted by Crippen LogP contribution is 2.19. The molecule has 8 amide bonds. The van der Waals surface area contributed by atoms with Gasteiger partial charge in [0.1, 0.15) is 18.1 Å². The fourth-order valence-electron chi connectivity index (χ4n) is 6.92. The first-order valence-electron chi connectivity index (χ1n) is 21.7. The van der Waals surface area contributed by atoms with Crippen LogP contribution < -0.4 is 49.5 Å². The van der Waals surface area contributed by atoms with Gasteiger partial charge in [0.2, 0.25) is 47.3 Å². The summed E-state index contributed by atoms with van der Waals surface area (Å²) in [6.07, 6.45) is 4.75. The molecule has 1 heterocycles. The van der Waals surface area contributed by atoms with Gasteiger partial charge in [0, 0.05) is 56.5 Å². The average molecular weight is 904 g/mol. The van der Waals surface area contributed by atoms with Gasteiger partial charge in [-0.05, 0) is 49.4 Å². The number of para-hydroxylation sites is 1. The Morgan fingerprint density at radius 2 is 1.34 bits per heavy atom. The number of guanidine groups is 1. The zero-order chi connectivity index (χ0) is 47.7. The van der Waals surface area contributed by atoms with Gasteiger partial charge in [-0.25, -0.2) is 0 Å². The summed E-state index contributed by atoms with van der Waals surface area (Å²) in [5.74, 6) is -5.23. The molecule has 2 aromatic carbocycles. The lowest BCUT2D eigenvalue weighted by Crippen LogP contribution is -2.56. The first kappa shape index (κ1) is 52.3. The lowest BCUT2D eigenvalue weighted by Gasteiger charge is -2.29. The van der Waals surface area contributed by atoms with Gasteiger partial charge >= 0.3 is 0 Å². The highest BCUT2D eigenvalue weighted by atomic mass is 16.2. The summed E-state index contributed by atoms with van der Waals surface area (Å²) in [7, 11) is 0. The van der Waals surface area contributed by atoms with E-state index in [2.05, 4.69) is 36.6 Å². The molecule has 0 aliphatic heterocycles. The van der Waals surface area contributed by atoms with Crippen molar-refractivity contribution in [2.24, 2.45) is 27.9 Å². The number of nitrogens with zero attached hydrogens (tertiary/aromatic N) is 3. The van der Waals surface area contributed by atoms with Crippen LogP contribution in [0.2, 0.25) is 0 Å². The summed E-state index contributed by atoms with van der Waals surface area (Å²) in [5.41, 5.74) is 24.2. The molecule has 65 heavy (non-hydrogen) atoms. The fraction of sp³-hybridized carbons (Fsp3) is 0.477. The van der Waals surface area contributed by atoms with Crippen LogP contribution in [0.1, 0.15) is 63.5 Å². The number of hydrogen-bond acceptors (Lipinski definition) is 10. The van der Waals surface area contributed by atoms with Crippen LogP contribution in [0.5, 0.6) is 0 Å². The maximum absolute atomic E-state index is 14.6. The Kier molecular flexibility index (Phi) is 22.5. The second kappa shape index (κ2) is 27.9. The first-order valence-corrected chi connectivity index (χ1v) is 21.7. The summed E-state index contributed by atoms with van der Waals surface area (Å²) in [4.78, 5) is 115. The van der Waals surface area contributed by atoms with E-state index in [0.29, 0.717) is 43.4 Å². The van der Waals surface area contributed by atoms with Crippen LogP contribution in [-0.2, 0) is 51.2 Å². The molecule has 21 heteroatoms. The van der Waals surface area contributed by atoms with Gasteiger partial charge in [-0.2, -0.15) is 0 Å². The van der Waals surface area contributed by atoms with Crippen molar-refractivity contribution < 1.29 is 38.4 Å². The number of carbonyl (C=O) groups excluding carboxylic acids is 8. The molecule has 3 aromatic rings. The number of aromatic nitrogens is 1. The Morgan fingerprint density at radius 1 is 0.708 bits per heavy atom. The van der Waals surface area contributed by atoms with Crippen molar-refractivity contribution in [1.29, 1.82) is 0 Å². The molecule has 0 spiro atoms. The average Bonchev–Trinajstić information content (AvgIpc) is 3.68. The maximum Gasteiger partial charge on any atom is 0.245 e. The Balaban J connectivity index is 1.88. The Labute approximate surface area is 378 Å². The number of carbonyl (C=O) groups is 8. The number of H-pyrrole nitrogens is 1. The smallest absolute Gasteiger partial charge is 0.245 e. The molecule has 0 saturated heterocycles. The first-order chi connectivity index (χ1) is 31.1. The van der Waals surface area contributed by atoms with Crippen LogP contribution in [-0.4, -0.2) is 138 Å². The van der Waals surface area contributed by atoms with Crippen LogP contribution >= 0.6 is 0 Å². The van der Waals surface area contributed by atoms with E-state index in [0.717, 1.165) is 17.3 Å². The van der Waals surface area contributed by atoms with Gasteiger partial charge < -0.3 is 64.3 Å². The number of amides is 8. The molecule has 14 N–H and O–H groups in total. The molecule has 3 atom stereocenters. The van der Waals surface area contributed by atoms with Crippen LogP contribution in [0.25, 0.3) is 10.9 Å². The van der Waals surface area contributed by atoms with Crippen molar-refractivity contribution in [1.82, 2.24) is 41.4 Å². The van der Waals surface area contributed by atoms with Gasteiger partial charge in [0.25, 0.3) is 0 Å². The second-order valence-electron chi connectivity index (χ2n) is 15.5. The van der Waals surface area contributed by atoms with E-state index in [1.165, 1.54) is 16.7 Å². The van der Waals surface area contributed by atoms with Crippen LogP contribution in [0, 0.1) is 0 Å². The molecule has 0 fully saturated rings. The number of primary amides is 1. The third-order valence-corrected chi connectivity index (χ3v) is 10.2. The molecule has 1 aromatic heterocycles. The minimum Gasteiger partial charge on any atom is -0.370 e. The molecule has 3 rings (SSSR count). The number of rotatable bonds is 29. The van der Waals surface area contributed by atoms with Gasteiger partial charge in [0.15, 0.2) is 5.96 Å². The van der Waals surface area contributed by atoms with E-state index in [1.54, 1.807) is 36.5 Å². The predicted molar refractivity (Wildman–Crippen MR) is 245 cm³/mol. The number of unbranched alkanes of at least 4 members (excludes halogenated alkanes) is 2. The zero-order valence-corrected chi connectivity index (χ0v) is 37.2. The molecule has 21 nitrogen and oxygen atoms in total. The van der Waals surface area contributed by atoms with Crippen LogP contribution in [0.15, 0.2) is 65.8 Å². The largest absolute Gasteiger partial charge is 0.370 e.